The monoisotopic (exact) mass is 205 g/mol. The molecule has 4 N–H and O–H groups in total. The van der Waals surface area contributed by atoms with Crippen LogP contribution in [0.1, 0.15) is 0 Å². The number of nitrogens with two attached hydrogens (primary N) is 1. The third-order valence-corrected chi connectivity index (χ3v) is 1.57. The van der Waals surface area contributed by atoms with Crippen molar-refractivity contribution in [2.24, 2.45) is 0 Å². The Bertz CT molecular complexity index is 413. The van der Waals surface area contributed by atoms with Crippen LogP contribution >= 0.6 is 0 Å². The van der Waals surface area contributed by atoms with E-state index in [1.807, 2.05) is 0 Å². The molecule has 0 atom stereocenters. The lowest BCUT2D eigenvalue weighted by Gasteiger charge is -2.03. The number of rotatable bonds is 2. The number of hydrogen-bond donors (Lipinski definition) is 3. The highest BCUT2D eigenvalue weighted by Gasteiger charge is 2.11. The van der Waals surface area contributed by atoms with E-state index in [-0.39, 0.29) is 5.69 Å². The van der Waals surface area contributed by atoms with Crippen molar-refractivity contribution in [3.8, 4) is 11.5 Å². The van der Waals surface area contributed by atoms with Gasteiger partial charge in [-0.2, -0.15) is 8.42 Å². The maximum atomic E-state index is 10.2. The van der Waals surface area contributed by atoms with Crippen LogP contribution in [0.3, 0.4) is 0 Å². The second-order valence-corrected chi connectivity index (χ2v) is 3.26. The summed E-state index contributed by atoms with van der Waals surface area (Å²) in [7, 11) is -4.63. The summed E-state index contributed by atoms with van der Waals surface area (Å²) in [5.41, 5.74) is 5.48. The summed E-state index contributed by atoms with van der Waals surface area (Å²) >= 11 is 0. The fourth-order valence-electron chi connectivity index (χ4n) is 0.711. The number of aromatic hydroxyl groups is 1. The van der Waals surface area contributed by atoms with Crippen molar-refractivity contribution in [3.05, 3.63) is 18.2 Å². The topological polar surface area (TPSA) is 110 Å². The van der Waals surface area contributed by atoms with Crippen LogP contribution in [0.15, 0.2) is 18.2 Å². The van der Waals surface area contributed by atoms with Gasteiger partial charge in [0.25, 0.3) is 0 Å². The van der Waals surface area contributed by atoms with Gasteiger partial charge in [0.05, 0.1) is 0 Å². The summed E-state index contributed by atoms with van der Waals surface area (Å²) in [5, 5.41) is 9.04. The Morgan fingerprint density at radius 1 is 1.38 bits per heavy atom. The van der Waals surface area contributed by atoms with Crippen LogP contribution in [-0.2, 0) is 10.4 Å². The molecular formula is C6H7NO5S. The molecule has 0 fully saturated rings. The van der Waals surface area contributed by atoms with Gasteiger partial charge >= 0.3 is 10.4 Å². The lowest BCUT2D eigenvalue weighted by molar-refractivity contribution is 0.371. The lowest BCUT2D eigenvalue weighted by atomic mass is 10.3. The van der Waals surface area contributed by atoms with E-state index in [2.05, 4.69) is 4.18 Å². The van der Waals surface area contributed by atoms with Gasteiger partial charge in [-0.15, -0.1) is 0 Å². The van der Waals surface area contributed by atoms with Crippen molar-refractivity contribution in [1.82, 2.24) is 0 Å². The average Bonchev–Trinajstić information content (AvgIpc) is 1.94. The zero-order valence-corrected chi connectivity index (χ0v) is 7.15. The van der Waals surface area contributed by atoms with E-state index in [1.165, 1.54) is 6.07 Å². The Hall–Kier alpha value is -1.47. The molecule has 0 spiro atoms. The molecule has 6 nitrogen and oxygen atoms in total. The number of phenolic OH excluding ortho intramolecular Hbond substituents is 1. The average molecular weight is 205 g/mol. The van der Waals surface area contributed by atoms with Gasteiger partial charge in [0.1, 0.15) is 0 Å². The predicted molar refractivity (Wildman–Crippen MR) is 44.7 cm³/mol. The molecule has 1 aromatic carbocycles. The number of hydrogen-bond acceptors (Lipinski definition) is 5. The van der Waals surface area contributed by atoms with E-state index in [0.29, 0.717) is 0 Å². The van der Waals surface area contributed by atoms with Gasteiger partial charge in [-0.25, -0.2) is 0 Å². The molecule has 0 bridgehead atoms. The van der Waals surface area contributed by atoms with Crippen molar-refractivity contribution in [1.29, 1.82) is 0 Å². The van der Waals surface area contributed by atoms with E-state index < -0.39 is 21.9 Å². The minimum atomic E-state index is -4.63. The molecule has 0 unspecified atom stereocenters. The standard InChI is InChI=1S/C6H7NO5S/c7-4-1-2-5(8)6(3-4)12-13(9,10)11/h1-3,8H,7H2,(H,9,10,11). The molecule has 0 amide bonds. The van der Waals surface area contributed by atoms with Crippen LogP contribution in [0.4, 0.5) is 5.69 Å². The Morgan fingerprint density at radius 3 is 2.54 bits per heavy atom. The lowest BCUT2D eigenvalue weighted by Crippen LogP contribution is -2.06. The van der Waals surface area contributed by atoms with Gasteiger partial charge in [0.15, 0.2) is 11.5 Å². The molecule has 0 saturated carbocycles. The predicted octanol–water partition coefficient (Wildman–Crippen LogP) is 0.156. The molecule has 0 saturated heterocycles. The first-order valence-electron chi connectivity index (χ1n) is 3.14. The fraction of sp³-hybridized carbons (Fsp3) is 0. The van der Waals surface area contributed by atoms with Crippen molar-refractivity contribution in [2.45, 2.75) is 0 Å². The first-order valence-corrected chi connectivity index (χ1v) is 4.50. The summed E-state index contributed by atoms with van der Waals surface area (Å²) in [6.07, 6.45) is 0. The van der Waals surface area contributed by atoms with Crippen molar-refractivity contribution in [2.75, 3.05) is 5.73 Å². The molecule has 13 heavy (non-hydrogen) atoms. The molecule has 0 aliphatic carbocycles. The van der Waals surface area contributed by atoms with Gasteiger partial charge in [-0.3, -0.25) is 4.55 Å². The zero-order chi connectivity index (χ0) is 10.1. The summed E-state index contributed by atoms with van der Waals surface area (Å²) in [6.45, 7) is 0. The summed E-state index contributed by atoms with van der Waals surface area (Å²) in [6, 6.07) is 3.57. The number of anilines is 1. The smallest absolute Gasteiger partial charge is 0.446 e. The number of benzene rings is 1. The SMILES string of the molecule is Nc1ccc(O)c(OS(=O)(=O)O)c1. The van der Waals surface area contributed by atoms with Crippen molar-refractivity contribution >= 4 is 16.1 Å². The molecule has 1 aromatic rings. The fourth-order valence-corrected chi connectivity index (χ4v) is 1.07. The third kappa shape index (κ3) is 2.80. The number of phenols is 1. The molecule has 0 heterocycles. The van der Waals surface area contributed by atoms with Gasteiger partial charge in [0.2, 0.25) is 0 Å². The van der Waals surface area contributed by atoms with Crippen molar-refractivity contribution in [3.63, 3.8) is 0 Å². The molecule has 0 aliphatic heterocycles. The molecule has 1 rings (SSSR count). The van der Waals surface area contributed by atoms with E-state index in [1.54, 1.807) is 0 Å². The first kappa shape index (κ1) is 9.62. The quantitative estimate of drug-likeness (QED) is 0.360. The minimum absolute atomic E-state index is 0.205. The Balaban J connectivity index is 3.08. The normalized spacial score (nSPS) is 11.2. The van der Waals surface area contributed by atoms with Crippen LogP contribution in [0.25, 0.3) is 0 Å². The Morgan fingerprint density at radius 2 is 2.00 bits per heavy atom. The Labute approximate surface area is 74.5 Å². The van der Waals surface area contributed by atoms with E-state index >= 15 is 0 Å². The highest BCUT2D eigenvalue weighted by atomic mass is 32.3. The zero-order valence-electron chi connectivity index (χ0n) is 6.34. The van der Waals surface area contributed by atoms with Crippen LogP contribution in [0, 0.1) is 0 Å². The van der Waals surface area contributed by atoms with Crippen LogP contribution < -0.4 is 9.92 Å². The van der Waals surface area contributed by atoms with Crippen LogP contribution in [0.5, 0.6) is 11.5 Å². The van der Waals surface area contributed by atoms with Gasteiger partial charge in [-0.05, 0) is 12.1 Å². The Kier molecular flexibility index (Phi) is 2.30. The van der Waals surface area contributed by atoms with Gasteiger partial charge < -0.3 is 15.0 Å². The molecule has 7 heteroatoms. The second-order valence-electron chi connectivity index (χ2n) is 2.24. The summed E-state index contributed by atoms with van der Waals surface area (Å²) < 4.78 is 32.8. The molecule has 0 aromatic heterocycles. The number of nitrogen functional groups attached to an aromatic ring is 1. The van der Waals surface area contributed by atoms with E-state index in [4.69, 9.17) is 15.4 Å². The summed E-state index contributed by atoms with van der Waals surface area (Å²) in [5.74, 6) is -0.839. The molecule has 0 radical (unpaired) electrons. The maximum Gasteiger partial charge on any atom is 0.446 e. The van der Waals surface area contributed by atoms with E-state index in [0.717, 1.165) is 12.1 Å². The minimum Gasteiger partial charge on any atom is -0.504 e. The third-order valence-electron chi connectivity index (χ3n) is 1.18. The van der Waals surface area contributed by atoms with Crippen molar-refractivity contribution < 1.29 is 22.3 Å². The largest absolute Gasteiger partial charge is 0.504 e. The van der Waals surface area contributed by atoms with Crippen LogP contribution in [0.2, 0.25) is 0 Å². The van der Waals surface area contributed by atoms with Gasteiger partial charge in [-0.1, -0.05) is 0 Å². The summed E-state index contributed by atoms with van der Waals surface area (Å²) in [4.78, 5) is 0. The molecule has 72 valence electrons. The molecular weight excluding hydrogens is 198 g/mol. The first-order chi connectivity index (χ1) is 5.88. The highest BCUT2D eigenvalue weighted by Crippen LogP contribution is 2.28. The van der Waals surface area contributed by atoms with E-state index in [9.17, 15) is 8.42 Å². The van der Waals surface area contributed by atoms with Crippen LogP contribution in [-0.4, -0.2) is 18.1 Å². The molecule has 0 aliphatic rings. The van der Waals surface area contributed by atoms with Gasteiger partial charge in [0, 0.05) is 11.8 Å². The maximum absolute atomic E-state index is 10.2. The second kappa shape index (κ2) is 3.11. The highest BCUT2D eigenvalue weighted by molar-refractivity contribution is 7.81.